The van der Waals surface area contributed by atoms with E-state index >= 15 is 0 Å². The van der Waals surface area contributed by atoms with Crippen LogP contribution in [-0.4, -0.2) is 28.3 Å². The standard InChI is InChI=1S/C3H7BrO4S/c1-3(5,2-4)9(6,7)8/h5H,2H2,1H3,(H,6,7,8). The molecule has 0 spiro atoms. The van der Waals surface area contributed by atoms with E-state index in [0.717, 1.165) is 6.92 Å². The molecule has 2 N–H and O–H groups in total. The van der Waals surface area contributed by atoms with Gasteiger partial charge in [0.2, 0.25) is 0 Å². The van der Waals surface area contributed by atoms with Gasteiger partial charge in [0.1, 0.15) is 0 Å². The van der Waals surface area contributed by atoms with Crippen LogP contribution in [0.3, 0.4) is 0 Å². The summed E-state index contributed by atoms with van der Waals surface area (Å²) in [6.07, 6.45) is 0. The van der Waals surface area contributed by atoms with Crippen LogP contribution < -0.4 is 0 Å². The highest BCUT2D eigenvalue weighted by Crippen LogP contribution is 2.13. The zero-order valence-electron chi connectivity index (χ0n) is 4.70. The molecule has 0 saturated heterocycles. The van der Waals surface area contributed by atoms with Gasteiger partial charge in [-0.05, 0) is 6.92 Å². The molecular weight excluding hydrogens is 212 g/mol. The van der Waals surface area contributed by atoms with Crippen molar-refractivity contribution in [2.24, 2.45) is 0 Å². The molecule has 0 radical (unpaired) electrons. The minimum atomic E-state index is -4.34. The molecule has 0 aromatic carbocycles. The molecule has 0 rings (SSSR count). The molecule has 0 aromatic rings. The smallest absolute Gasteiger partial charge is 0.295 e. The van der Waals surface area contributed by atoms with Crippen LogP contribution in [0.15, 0.2) is 0 Å². The van der Waals surface area contributed by atoms with Gasteiger partial charge in [0.25, 0.3) is 10.1 Å². The van der Waals surface area contributed by atoms with Crippen LogP contribution >= 0.6 is 15.9 Å². The first-order valence-electron chi connectivity index (χ1n) is 2.06. The van der Waals surface area contributed by atoms with E-state index in [-0.39, 0.29) is 5.33 Å². The van der Waals surface area contributed by atoms with Crippen LogP contribution in [0.2, 0.25) is 0 Å². The van der Waals surface area contributed by atoms with Crippen molar-refractivity contribution in [2.45, 2.75) is 11.9 Å². The quantitative estimate of drug-likeness (QED) is 0.505. The first-order valence-corrected chi connectivity index (χ1v) is 4.63. The lowest BCUT2D eigenvalue weighted by Crippen LogP contribution is -2.36. The number of rotatable bonds is 2. The number of hydrogen-bond acceptors (Lipinski definition) is 3. The summed E-state index contributed by atoms with van der Waals surface area (Å²) in [5, 5.41) is 8.57. The van der Waals surface area contributed by atoms with Crippen LogP contribution in [-0.2, 0) is 10.1 Å². The third-order valence-corrected chi connectivity index (χ3v) is 3.52. The number of aliphatic hydroxyl groups is 1. The first-order chi connectivity index (χ1) is 3.81. The minimum Gasteiger partial charge on any atom is -0.372 e. The first kappa shape index (κ1) is 9.35. The second kappa shape index (κ2) is 2.53. The second-order valence-corrected chi connectivity index (χ2v) is 4.17. The van der Waals surface area contributed by atoms with E-state index in [0.29, 0.717) is 0 Å². The maximum atomic E-state index is 10.2. The highest BCUT2D eigenvalue weighted by atomic mass is 79.9. The highest BCUT2D eigenvalue weighted by molar-refractivity contribution is 9.09. The molecule has 0 aliphatic carbocycles. The Morgan fingerprint density at radius 1 is 1.67 bits per heavy atom. The summed E-state index contributed by atoms with van der Waals surface area (Å²) in [5.41, 5.74) is 0. The fourth-order valence-electron chi connectivity index (χ4n) is 0.0689. The average molecular weight is 219 g/mol. The van der Waals surface area contributed by atoms with E-state index in [2.05, 4.69) is 15.9 Å². The molecule has 0 bridgehead atoms. The van der Waals surface area contributed by atoms with Crippen LogP contribution in [0.4, 0.5) is 0 Å². The maximum absolute atomic E-state index is 10.2. The van der Waals surface area contributed by atoms with Gasteiger partial charge in [0.15, 0.2) is 4.93 Å². The molecule has 0 heterocycles. The normalized spacial score (nSPS) is 19.1. The topological polar surface area (TPSA) is 74.6 Å². The molecule has 0 saturated carbocycles. The molecule has 0 aliphatic heterocycles. The van der Waals surface area contributed by atoms with Gasteiger partial charge < -0.3 is 5.11 Å². The molecule has 0 amide bonds. The van der Waals surface area contributed by atoms with Crippen molar-refractivity contribution in [1.29, 1.82) is 0 Å². The van der Waals surface area contributed by atoms with Crippen LogP contribution in [0.1, 0.15) is 6.92 Å². The van der Waals surface area contributed by atoms with Gasteiger partial charge >= 0.3 is 0 Å². The van der Waals surface area contributed by atoms with Crippen molar-refractivity contribution in [3.05, 3.63) is 0 Å². The highest BCUT2D eigenvalue weighted by Gasteiger charge is 2.33. The minimum absolute atomic E-state index is 0.209. The Hall–Kier alpha value is 0.350. The van der Waals surface area contributed by atoms with Gasteiger partial charge in [-0.15, -0.1) is 0 Å². The molecule has 4 nitrogen and oxygen atoms in total. The van der Waals surface area contributed by atoms with E-state index in [9.17, 15) is 8.42 Å². The summed E-state index contributed by atoms with van der Waals surface area (Å²) in [6.45, 7) is 0.997. The zero-order chi connectivity index (χ0) is 7.71. The summed E-state index contributed by atoms with van der Waals surface area (Å²) in [4.78, 5) is -2.08. The Morgan fingerprint density at radius 3 is 2.00 bits per heavy atom. The van der Waals surface area contributed by atoms with Crippen molar-refractivity contribution in [3.63, 3.8) is 0 Å². The van der Waals surface area contributed by atoms with Crippen molar-refractivity contribution >= 4 is 26.0 Å². The van der Waals surface area contributed by atoms with Gasteiger partial charge in [-0.1, -0.05) is 15.9 Å². The molecule has 1 atom stereocenters. The van der Waals surface area contributed by atoms with Gasteiger partial charge in [-0.2, -0.15) is 8.42 Å². The lowest BCUT2D eigenvalue weighted by atomic mass is 10.5. The second-order valence-electron chi connectivity index (χ2n) is 1.78. The lowest BCUT2D eigenvalue weighted by Gasteiger charge is -2.14. The van der Waals surface area contributed by atoms with E-state index in [4.69, 9.17) is 9.66 Å². The molecule has 9 heavy (non-hydrogen) atoms. The Kier molecular flexibility index (Phi) is 2.63. The Labute approximate surface area is 61.8 Å². The van der Waals surface area contributed by atoms with E-state index in [1.807, 2.05) is 0 Å². The van der Waals surface area contributed by atoms with Crippen molar-refractivity contribution in [2.75, 3.05) is 5.33 Å². The van der Waals surface area contributed by atoms with Crippen molar-refractivity contribution < 1.29 is 18.1 Å². The molecule has 0 aromatic heterocycles. The Morgan fingerprint density at radius 2 is 2.00 bits per heavy atom. The maximum Gasteiger partial charge on any atom is 0.295 e. The van der Waals surface area contributed by atoms with E-state index < -0.39 is 15.1 Å². The molecule has 6 heteroatoms. The van der Waals surface area contributed by atoms with Crippen LogP contribution in [0, 0.1) is 0 Å². The molecule has 0 aliphatic rings. The fourth-order valence-corrected chi connectivity index (χ4v) is 1.07. The van der Waals surface area contributed by atoms with Crippen LogP contribution in [0.25, 0.3) is 0 Å². The predicted octanol–water partition coefficient (Wildman–Crippen LogP) is -0.0224. The molecule has 56 valence electrons. The summed E-state index contributed by atoms with van der Waals surface area (Å²) in [5.74, 6) is 0. The van der Waals surface area contributed by atoms with Gasteiger partial charge in [-0.3, -0.25) is 4.55 Å². The summed E-state index contributed by atoms with van der Waals surface area (Å²) >= 11 is 2.72. The fraction of sp³-hybridized carbons (Fsp3) is 1.00. The lowest BCUT2D eigenvalue weighted by molar-refractivity contribution is 0.158. The molecule has 0 fully saturated rings. The van der Waals surface area contributed by atoms with Crippen molar-refractivity contribution in [1.82, 2.24) is 0 Å². The van der Waals surface area contributed by atoms with Gasteiger partial charge in [0, 0.05) is 5.33 Å². The van der Waals surface area contributed by atoms with E-state index in [1.165, 1.54) is 0 Å². The van der Waals surface area contributed by atoms with Gasteiger partial charge in [-0.25, -0.2) is 0 Å². The van der Waals surface area contributed by atoms with Crippen LogP contribution in [0.5, 0.6) is 0 Å². The summed E-state index contributed by atoms with van der Waals surface area (Å²) < 4.78 is 28.6. The Bertz CT molecular complexity index is 182. The van der Waals surface area contributed by atoms with Crippen molar-refractivity contribution in [3.8, 4) is 0 Å². The summed E-state index contributed by atoms with van der Waals surface area (Å²) in [7, 11) is -4.34. The molecular formula is C3H7BrO4S. The van der Waals surface area contributed by atoms with E-state index in [1.54, 1.807) is 0 Å². The number of hydrogen-bond donors (Lipinski definition) is 2. The third-order valence-electron chi connectivity index (χ3n) is 0.804. The van der Waals surface area contributed by atoms with Gasteiger partial charge in [0.05, 0.1) is 0 Å². The average Bonchev–Trinajstić information content (AvgIpc) is 1.64. The zero-order valence-corrected chi connectivity index (χ0v) is 7.11. The third kappa shape index (κ3) is 2.21. The number of alkyl halides is 1. The Balaban J connectivity index is 4.56. The largest absolute Gasteiger partial charge is 0.372 e. The monoisotopic (exact) mass is 218 g/mol. The predicted molar refractivity (Wildman–Crippen MR) is 36.0 cm³/mol. The molecule has 1 unspecified atom stereocenters. The SMILES string of the molecule is CC(O)(CBr)S(=O)(=O)O. The summed E-state index contributed by atoms with van der Waals surface area (Å²) in [6, 6.07) is 0. The number of halogens is 1.